The second kappa shape index (κ2) is 4.34. The van der Waals surface area contributed by atoms with E-state index < -0.39 is 0 Å². The van der Waals surface area contributed by atoms with Crippen molar-refractivity contribution in [2.45, 2.75) is 46.0 Å². The van der Waals surface area contributed by atoms with Crippen LogP contribution in [0.3, 0.4) is 0 Å². The molecule has 0 aromatic rings. The first-order chi connectivity index (χ1) is 7.22. The van der Waals surface area contributed by atoms with Gasteiger partial charge in [0.1, 0.15) is 6.29 Å². The topological polar surface area (TPSA) is 17.1 Å². The molecule has 0 spiro atoms. The molecule has 82 valence electrons. The van der Waals surface area contributed by atoms with Crippen molar-refractivity contribution < 1.29 is 4.79 Å². The van der Waals surface area contributed by atoms with Gasteiger partial charge < -0.3 is 0 Å². The minimum absolute atomic E-state index is 0.566. The zero-order valence-electron chi connectivity index (χ0n) is 9.75. The van der Waals surface area contributed by atoms with E-state index in [0.29, 0.717) is 5.92 Å². The molecule has 0 bridgehead atoms. The third-order valence-corrected chi connectivity index (χ3v) is 3.92. The van der Waals surface area contributed by atoms with Crippen molar-refractivity contribution in [2.24, 2.45) is 11.8 Å². The van der Waals surface area contributed by atoms with Gasteiger partial charge in [0.05, 0.1) is 0 Å². The van der Waals surface area contributed by atoms with Crippen LogP contribution in [0.1, 0.15) is 46.0 Å². The van der Waals surface area contributed by atoms with Crippen LogP contribution < -0.4 is 0 Å². The summed E-state index contributed by atoms with van der Waals surface area (Å²) in [5, 5.41) is 0. The Labute approximate surface area is 92.3 Å². The molecule has 2 atom stereocenters. The minimum atomic E-state index is 0.566. The molecule has 2 aliphatic carbocycles. The summed E-state index contributed by atoms with van der Waals surface area (Å²) in [5.41, 5.74) is 4.16. The number of rotatable bonds is 2. The van der Waals surface area contributed by atoms with Gasteiger partial charge in [-0.3, -0.25) is 4.79 Å². The smallest absolute Gasteiger partial charge is 0.145 e. The van der Waals surface area contributed by atoms with Crippen LogP contribution in [-0.2, 0) is 4.79 Å². The van der Waals surface area contributed by atoms with E-state index in [1.54, 1.807) is 11.1 Å². The number of carbonyl (C=O) groups excluding carboxylic acids is 1. The molecule has 0 N–H and O–H groups in total. The molecular formula is C14H20O. The Balaban J connectivity index is 2.24. The lowest BCUT2D eigenvalue weighted by molar-refractivity contribution is -0.104. The Bertz CT molecular complexity index is 322. The number of hydrogen-bond acceptors (Lipinski definition) is 1. The highest BCUT2D eigenvalue weighted by atomic mass is 16.1. The van der Waals surface area contributed by atoms with Gasteiger partial charge in [-0.05, 0) is 56.9 Å². The zero-order valence-corrected chi connectivity index (χ0v) is 9.75. The van der Waals surface area contributed by atoms with Gasteiger partial charge in [-0.1, -0.05) is 23.6 Å². The van der Waals surface area contributed by atoms with E-state index in [2.05, 4.69) is 13.0 Å². The lowest BCUT2D eigenvalue weighted by Gasteiger charge is -2.28. The van der Waals surface area contributed by atoms with Crippen molar-refractivity contribution in [1.29, 1.82) is 0 Å². The van der Waals surface area contributed by atoms with Gasteiger partial charge in [0, 0.05) is 0 Å². The Kier molecular flexibility index (Phi) is 3.08. The van der Waals surface area contributed by atoms with Crippen LogP contribution in [-0.4, -0.2) is 6.29 Å². The van der Waals surface area contributed by atoms with Gasteiger partial charge in [-0.15, -0.1) is 0 Å². The number of hydrogen-bond donors (Lipinski definition) is 0. The zero-order chi connectivity index (χ0) is 10.8. The first kappa shape index (κ1) is 10.7. The first-order valence-electron chi connectivity index (χ1n) is 6.05. The summed E-state index contributed by atoms with van der Waals surface area (Å²) in [6.07, 6.45) is 9.74. The molecule has 0 aromatic carbocycles. The molecule has 0 aliphatic heterocycles. The summed E-state index contributed by atoms with van der Waals surface area (Å²) in [7, 11) is 0. The molecule has 1 unspecified atom stereocenters. The predicted molar refractivity (Wildman–Crippen MR) is 62.6 cm³/mol. The van der Waals surface area contributed by atoms with Gasteiger partial charge in [-0.25, -0.2) is 0 Å². The Morgan fingerprint density at radius 3 is 2.87 bits per heavy atom. The molecule has 0 heterocycles. The van der Waals surface area contributed by atoms with Crippen LogP contribution >= 0.6 is 0 Å². The van der Waals surface area contributed by atoms with Crippen molar-refractivity contribution in [3.05, 3.63) is 22.8 Å². The van der Waals surface area contributed by atoms with E-state index >= 15 is 0 Å². The maximum atomic E-state index is 10.7. The lowest BCUT2D eigenvalue weighted by Crippen LogP contribution is -2.16. The fraction of sp³-hybridized carbons (Fsp3) is 0.643. The van der Waals surface area contributed by atoms with Crippen LogP contribution in [0.15, 0.2) is 22.8 Å². The first-order valence-corrected chi connectivity index (χ1v) is 6.05. The molecule has 1 heteroatoms. The van der Waals surface area contributed by atoms with E-state index in [1.807, 2.05) is 6.92 Å². The molecule has 2 rings (SSSR count). The fourth-order valence-corrected chi connectivity index (χ4v) is 3.23. The summed E-state index contributed by atoms with van der Waals surface area (Å²) >= 11 is 0. The summed E-state index contributed by atoms with van der Waals surface area (Å²) in [4.78, 5) is 10.7. The highest BCUT2D eigenvalue weighted by Crippen LogP contribution is 2.45. The maximum absolute atomic E-state index is 10.7. The second-order valence-electron chi connectivity index (χ2n) is 5.04. The molecule has 1 fully saturated rings. The third kappa shape index (κ3) is 2.06. The average Bonchev–Trinajstić information content (AvgIpc) is 2.61. The van der Waals surface area contributed by atoms with Gasteiger partial charge in [0.2, 0.25) is 0 Å². The Hall–Kier alpha value is -0.850. The molecule has 0 radical (unpaired) electrons. The summed E-state index contributed by atoms with van der Waals surface area (Å²) in [6, 6.07) is 0. The number of fused-ring (bicyclic) bond motifs is 1. The van der Waals surface area contributed by atoms with Crippen LogP contribution in [0.2, 0.25) is 0 Å². The van der Waals surface area contributed by atoms with E-state index in [4.69, 9.17) is 0 Å². The van der Waals surface area contributed by atoms with Crippen molar-refractivity contribution in [3.63, 3.8) is 0 Å². The molecule has 0 saturated heterocycles. The number of carbonyl (C=O) groups is 1. The molecule has 0 amide bonds. The summed E-state index contributed by atoms with van der Waals surface area (Å²) in [6.45, 7) is 4.19. The highest BCUT2D eigenvalue weighted by Gasteiger charge is 2.31. The molecule has 15 heavy (non-hydrogen) atoms. The summed E-state index contributed by atoms with van der Waals surface area (Å²) in [5.74, 6) is 1.40. The highest BCUT2D eigenvalue weighted by molar-refractivity contribution is 5.72. The van der Waals surface area contributed by atoms with Crippen LogP contribution in [0.25, 0.3) is 0 Å². The molecule has 2 aliphatic rings. The maximum Gasteiger partial charge on any atom is 0.145 e. The van der Waals surface area contributed by atoms with Gasteiger partial charge in [0.15, 0.2) is 0 Å². The van der Waals surface area contributed by atoms with Crippen molar-refractivity contribution in [1.82, 2.24) is 0 Å². The molecule has 1 saturated carbocycles. The van der Waals surface area contributed by atoms with Gasteiger partial charge in [0.25, 0.3) is 0 Å². The normalized spacial score (nSPS) is 31.7. The Morgan fingerprint density at radius 1 is 1.33 bits per heavy atom. The summed E-state index contributed by atoms with van der Waals surface area (Å²) < 4.78 is 0. The Morgan fingerprint density at radius 2 is 2.13 bits per heavy atom. The number of allylic oxidation sites excluding steroid dienone is 4. The monoisotopic (exact) mass is 204 g/mol. The average molecular weight is 204 g/mol. The van der Waals surface area contributed by atoms with E-state index in [1.165, 1.54) is 32.1 Å². The SMILES string of the molecule is CC1=C2C(CCC[C@H]2/C=C(\C)C=O)CC1. The van der Waals surface area contributed by atoms with Gasteiger partial charge >= 0.3 is 0 Å². The fourth-order valence-electron chi connectivity index (χ4n) is 3.23. The van der Waals surface area contributed by atoms with E-state index in [-0.39, 0.29) is 0 Å². The predicted octanol–water partition coefficient (Wildman–Crippen LogP) is 3.66. The van der Waals surface area contributed by atoms with E-state index in [9.17, 15) is 4.79 Å². The van der Waals surface area contributed by atoms with Crippen molar-refractivity contribution >= 4 is 6.29 Å². The largest absolute Gasteiger partial charge is 0.298 e. The lowest BCUT2D eigenvalue weighted by atomic mass is 9.77. The standard InChI is InChI=1S/C14H20O/c1-10(9-15)8-13-5-3-4-12-7-6-11(2)14(12)13/h8-9,12-13H,3-7H2,1-2H3/b10-8+/t12?,13-/m0/s1. The second-order valence-corrected chi connectivity index (χ2v) is 5.04. The quantitative estimate of drug-likeness (QED) is 0.381. The van der Waals surface area contributed by atoms with Gasteiger partial charge in [-0.2, -0.15) is 0 Å². The van der Waals surface area contributed by atoms with Crippen LogP contribution in [0.4, 0.5) is 0 Å². The van der Waals surface area contributed by atoms with Crippen molar-refractivity contribution in [2.75, 3.05) is 0 Å². The minimum Gasteiger partial charge on any atom is -0.298 e. The van der Waals surface area contributed by atoms with Crippen LogP contribution in [0.5, 0.6) is 0 Å². The van der Waals surface area contributed by atoms with Crippen molar-refractivity contribution in [3.8, 4) is 0 Å². The van der Waals surface area contributed by atoms with E-state index in [0.717, 1.165) is 17.8 Å². The molecular weight excluding hydrogens is 184 g/mol. The van der Waals surface area contributed by atoms with Crippen LogP contribution in [0, 0.1) is 11.8 Å². The third-order valence-electron chi connectivity index (χ3n) is 3.92. The number of aldehydes is 1. The molecule has 0 aromatic heterocycles. The molecule has 1 nitrogen and oxygen atoms in total.